The van der Waals surface area contributed by atoms with E-state index in [4.69, 9.17) is 5.73 Å². The highest BCUT2D eigenvalue weighted by molar-refractivity contribution is 4.54. The van der Waals surface area contributed by atoms with E-state index < -0.39 is 0 Å². The van der Waals surface area contributed by atoms with Gasteiger partial charge in [-0.15, -0.1) is 0 Å². The lowest BCUT2D eigenvalue weighted by molar-refractivity contribution is 0.475. The molecule has 0 heterocycles. The van der Waals surface area contributed by atoms with Gasteiger partial charge in [0.25, 0.3) is 0 Å². The molecule has 0 bridgehead atoms. The lowest BCUT2D eigenvalue weighted by atomic mass is 10.0. The van der Waals surface area contributed by atoms with E-state index in [1.165, 1.54) is 25.7 Å². The van der Waals surface area contributed by atoms with Crippen LogP contribution in [0.1, 0.15) is 53.4 Å². The van der Waals surface area contributed by atoms with Gasteiger partial charge in [-0.25, -0.2) is 0 Å². The Morgan fingerprint density at radius 3 is 1.64 bits per heavy atom. The smallest absolute Gasteiger partial charge is 0.00490 e. The molecule has 0 rings (SSSR count). The van der Waals surface area contributed by atoms with Crippen molar-refractivity contribution in [3.05, 3.63) is 0 Å². The minimum Gasteiger partial charge on any atom is -0.330 e. The molecule has 0 aromatic carbocycles. The van der Waals surface area contributed by atoms with Crippen LogP contribution in [0.15, 0.2) is 0 Å². The van der Waals surface area contributed by atoms with Gasteiger partial charge in [-0.05, 0) is 18.9 Å². The van der Waals surface area contributed by atoms with Crippen molar-refractivity contribution in [1.82, 2.24) is 0 Å². The molecule has 0 aromatic heterocycles. The van der Waals surface area contributed by atoms with Gasteiger partial charge < -0.3 is 5.73 Å². The average Bonchev–Trinajstić information content (AvgIpc) is 2.02. The van der Waals surface area contributed by atoms with Crippen LogP contribution in [0.4, 0.5) is 0 Å². The first-order valence-electron chi connectivity index (χ1n) is 4.96. The van der Waals surface area contributed by atoms with Gasteiger partial charge in [0.1, 0.15) is 0 Å². The summed E-state index contributed by atoms with van der Waals surface area (Å²) >= 11 is 0. The molecule has 0 saturated heterocycles. The van der Waals surface area contributed by atoms with Crippen LogP contribution in [0.25, 0.3) is 0 Å². The zero-order valence-corrected chi connectivity index (χ0v) is 8.69. The second kappa shape index (κ2) is 12.6. The van der Waals surface area contributed by atoms with Crippen LogP contribution in [0.2, 0.25) is 0 Å². The fourth-order valence-electron chi connectivity index (χ4n) is 0.897. The Morgan fingerprint density at radius 2 is 1.55 bits per heavy atom. The first kappa shape index (κ1) is 13.5. The Hall–Kier alpha value is -0.0400. The molecular formula is C10H25N. The molecule has 1 atom stereocenters. The molecule has 0 aliphatic carbocycles. The summed E-state index contributed by atoms with van der Waals surface area (Å²) in [7, 11) is 0. The Bertz CT molecular complexity index is 48.8. The van der Waals surface area contributed by atoms with Crippen molar-refractivity contribution in [3.63, 3.8) is 0 Å². The Balaban J connectivity index is 0. The van der Waals surface area contributed by atoms with Crippen LogP contribution < -0.4 is 5.73 Å². The van der Waals surface area contributed by atoms with E-state index in [-0.39, 0.29) is 0 Å². The zero-order chi connectivity index (χ0) is 9.11. The van der Waals surface area contributed by atoms with Gasteiger partial charge in [-0.3, -0.25) is 0 Å². The molecule has 0 aliphatic heterocycles. The average molecular weight is 159 g/mol. The van der Waals surface area contributed by atoms with E-state index in [0.29, 0.717) is 0 Å². The molecule has 0 amide bonds. The molecule has 2 N–H and O–H groups in total. The Morgan fingerprint density at radius 1 is 1.09 bits per heavy atom. The van der Waals surface area contributed by atoms with Crippen molar-refractivity contribution in [2.75, 3.05) is 6.54 Å². The second-order valence-corrected chi connectivity index (χ2v) is 3.01. The highest BCUT2D eigenvalue weighted by Gasteiger charge is 1.99. The maximum absolute atomic E-state index is 5.47. The lowest BCUT2D eigenvalue weighted by Gasteiger charge is -2.08. The highest BCUT2D eigenvalue weighted by Crippen LogP contribution is 2.07. The molecule has 1 nitrogen and oxygen atoms in total. The van der Waals surface area contributed by atoms with E-state index in [1.807, 2.05) is 0 Å². The summed E-state index contributed by atoms with van der Waals surface area (Å²) in [5, 5.41) is 0. The lowest BCUT2D eigenvalue weighted by Crippen LogP contribution is -2.12. The quantitative estimate of drug-likeness (QED) is 0.670. The van der Waals surface area contributed by atoms with Crippen LogP contribution >= 0.6 is 0 Å². The first-order valence-corrected chi connectivity index (χ1v) is 4.96. The molecule has 70 valence electrons. The van der Waals surface area contributed by atoms with Crippen LogP contribution in [-0.2, 0) is 0 Å². The number of nitrogens with two attached hydrogens (primary N) is 1. The number of hydrogen-bond acceptors (Lipinski definition) is 1. The van der Waals surface area contributed by atoms with Crippen molar-refractivity contribution < 1.29 is 0 Å². The normalized spacial score (nSPS) is 11.7. The summed E-state index contributed by atoms with van der Waals surface area (Å²) in [6, 6.07) is 0. The molecule has 0 radical (unpaired) electrons. The second-order valence-electron chi connectivity index (χ2n) is 3.01. The third-order valence-corrected chi connectivity index (χ3v) is 1.61. The maximum atomic E-state index is 5.47. The molecule has 0 saturated carbocycles. The molecule has 1 unspecified atom stereocenters. The van der Waals surface area contributed by atoms with Crippen LogP contribution in [0.3, 0.4) is 0 Å². The monoisotopic (exact) mass is 159 g/mol. The van der Waals surface area contributed by atoms with Crippen molar-refractivity contribution >= 4 is 0 Å². The van der Waals surface area contributed by atoms with Crippen LogP contribution in [0.5, 0.6) is 0 Å². The Labute approximate surface area is 72.4 Å². The van der Waals surface area contributed by atoms with Crippen LogP contribution in [0, 0.1) is 5.92 Å². The SMILES string of the molecule is CCC.CCCC(CC)CN. The van der Waals surface area contributed by atoms with E-state index in [9.17, 15) is 0 Å². The summed E-state index contributed by atoms with van der Waals surface area (Å²) in [6.45, 7) is 9.52. The molecule has 0 aromatic rings. The zero-order valence-electron chi connectivity index (χ0n) is 8.69. The van der Waals surface area contributed by atoms with Gasteiger partial charge >= 0.3 is 0 Å². The predicted molar refractivity (Wildman–Crippen MR) is 53.7 cm³/mol. The van der Waals surface area contributed by atoms with E-state index >= 15 is 0 Å². The summed E-state index contributed by atoms with van der Waals surface area (Å²) in [5.41, 5.74) is 5.47. The highest BCUT2D eigenvalue weighted by atomic mass is 14.5. The fourth-order valence-corrected chi connectivity index (χ4v) is 0.897. The molecule has 0 aliphatic rings. The summed E-state index contributed by atoms with van der Waals surface area (Å²) in [6.07, 6.45) is 5.06. The van der Waals surface area contributed by atoms with E-state index in [1.54, 1.807) is 0 Å². The van der Waals surface area contributed by atoms with Crippen molar-refractivity contribution in [3.8, 4) is 0 Å². The minimum atomic E-state index is 0.778. The minimum absolute atomic E-state index is 0.778. The van der Waals surface area contributed by atoms with Gasteiger partial charge in [0.2, 0.25) is 0 Å². The summed E-state index contributed by atoms with van der Waals surface area (Å²) in [4.78, 5) is 0. The predicted octanol–water partition coefficient (Wildman–Crippen LogP) is 3.19. The van der Waals surface area contributed by atoms with Crippen LogP contribution in [-0.4, -0.2) is 6.54 Å². The third-order valence-electron chi connectivity index (χ3n) is 1.61. The van der Waals surface area contributed by atoms with Gasteiger partial charge in [0.05, 0.1) is 0 Å². The topological polar surface area (TPSA) is 26.0 Å². The van der Waals surface area contributed by atoms with E-state index in [0.717, 1.165) is 12.5 Å². The standard InChI is InChI=1S/C7H17N.C3H8/c1-3-5-7(4-2)6-8;1-3-2/h7H,3-6,8H2,1-2H3;3H2,1-2H3. The van der Waals surface area contributed by atoms with Gasteiger partial charge in [0.15, 0.2) is 0 Å². The van der Waals surface area contributed by atoms with Crippen molar-refractivity contribution in [2.24, 2.45) is 11.7 Å². The van der Waals surface area contributed by atoms with E-state index in [2.05, 4.69) is 27.7 Å². The van der Waals surface area contributed by atoms with Gasteiger partial charge in [-0.1, -0.05) is 47.0 Å². The largest absolute Gasteiger partial charge is 0.330 e. The van der Waals surface area contributed by atoms with Gasteiger partial charge in [0, 0.05) is 0 Å². The molecular weight excluding hydrogens is 134 g/mol. The fraction of sp³-hybridized carbons (Fsp3) is 1.00. The summed E-state index contributed by atoms with van der Waals surface area (Å²) in [5.74, 6) is 0.778. The maximum Gasteiger partial charge on any atom is -0.00490 e. The molecule has 1 heteroatoms. The van der Waals surface area contributed by atoms with Crippen molar-refractivity contribution in [1.29, 1.82) is 0 Å². The molecule has 11 heavy (non-hydrogen) atoms. The molecule has 0 spiro atoms. The first-order chi connectivity index (χ1) is 5.26. The number of rotatable bonds is 4. The number of hydrogen-bond donors (Lipinski definition) is 1. The molecule has 0 fully saturated rings. The van der Waals surface area contributed by atoms with Crippen molar-refractivity contribution in [2.45, 2.75) is 53.4 Å². The van der Waals surface area contributed by atoms with Gasteiger partial charge in [-0.2, -0.15) is 0 Å². The summed E-state index contributed by atoms with van der Waals surface area (Å²) < 4.78 is 0. The third kappa shape index (κ3) is 13.0. The Kier molecular flexibility index (Phi) is 15.5.